The summed E-state index contributed by atoms with van der Waals surface area (Å²) in [5.74, 6) is 0.277. The Kier molecular flexibility index (Phi) is 5.00. The van der Waals surface area contributed by atoms with Crippen LogP contribution in [0.4, 0.5) is 0 Å². The van der Waals surface area contributed by atoms with E-state index >= 15 is 0 Å². The highest BCUT2D eigenvalue weighted by Crippen LogP contribution is 2.12. The highest BCUT2D eigenvalue weighted by molar-refractivity contribution is 7.99. The molecule has 1 atom stereocenters. The van der Waals surface area contributed by atoms with Crippen molar-refractivity contribution in [1.29, 1.82) is 0 Å². The third-order valence-electron chi connectivity index (χ3n) is 1.99. The van der Waals surface area contributed by atoms with Gasteiger partial charge in [0, 0.05) is 18.0 Å². The summed E-state index contributed by atoms with van der Waals surface area (Å²) >= 11 is 1.38. The highest BCUT2D eigenvalue weighted by atomic mass is 32.2. The zero-order chi connectivity index (χ0) is 12.0. The number of nitrogens with zero attached hydrogens (tertiary/aromatic N) is 1. The van der Waals surface area contributed by atoms with Crippen molar-refractivity contribution in [2.45, 2.75) is 17.6 Å². The van der Waals surface area contributed by atoms with Crippen molar-refractivity contribution in [3.05, 3.63) is 22.6 Å². The van der Waals surface area contributed by atoms with Gasteiger partial charge in [0.15, 0.2) is 5.16 Å². The first-order valence-electron chi connectivity index (χ1n) is 4.78. The molecule has 0 aliphatic heterocycles. The molecule has 0 fully saturated rings. The molecular weight excluding hydrogens is 228 g/mol. The number of nitrogens with two attached hydrogens (primary N) is 1. The van der Waals surface area contributed by atoms with Crippen molar-refractivity contribution in [3.63, 3.8) is 0 Å². The Morgan fingerprint density at radius 1 is 1.75 bits per heavy atom. The minimum absolute atomic E-state index is 0.183. The first-order valence-corrected chi connectivity index (χ1v) is 5.76. The quantitative estimate of drug-likeness (QED) is 0.453. The van der Waals surface area contributed by atoms with Crippen molar-refractivity contribution >= 4 is 17.7 Å². The van der Waals surface area contributed by atoms with Crippen LogP contribution in [0, 0.1) is 0 Å². The lowest BCUT2D eigenvalue weighted by Gasteiger charge is -2.10. The van der Waals surface area contributed by atoms with Crippen LogP contribution in [0.3, 0.4) is 0 Å². The SMILES string of the molecule is CNC(CCSc1nccc(=O)[nH]1)C(N)=O. The van der Waals surface area contributed by atoms with Crippen LogP contribution >= 0.6 is 11.8 Å². The van der Waals surface area contributed by atoms with Crippen molar-refractivity contribution < 1.29 is 4.79 Å². The van der Waals surface area contributed by atoms with Gasteiger partial charge in [-0.2, -0.15) is 0 Å². The second kappa shape index (κ2) is 6.29. The maximum Gasteiger partial charge on any atom is 0.251 e. The topological polar surface area (TPSA) is 101 Å². The summed E-state index contributed by atoms with van der Waals surface area (Å²) in [6, 6.07) is 1.01. The summed E-state index contributed by atoms with van der Waals surface area (Å²) in [7, 11) is 1.68. The van der Waals surface area contributed by atoms with Gasteiger partial charge in [0.1, 0.15) is 0 Å². The van der Waals surface area contributed by atoms with Crippen molar-refractivity contribution in [2.24, 2.45) is 5.73 Å². The number of amides is 1. The summed E-state index contributed by atoms with van der Waals surface area (Å²) in [6.45, 7) is 0. The molecule has 0 radical (unpaired) electrons. The van der Waals surface area contributed by atoms with Gasteiger partial charge >= 0.3 is 0 Å². The van der Waals surface area contributed by atoms with E-state index < -0.39 is 0 Å². The molecule has 0 aliphatic carbocycles. The molecular formula is C9H14N4O2S. The molecule has 16 heavy (non-hydrogen) atoms. The van der Waals surface area contributed by atoms with Crippen LogP contribution in [0.25, 0.3) is 0 Å². The van der Waals surface area contributed by atoms with E-state index in [2.05, 4.69) is 15.3 Å². The van der Waals surface area contributed by atoms with E-state index in [1.165, 1.54) is 24.0 Å². The molecule has 4 N–H and O–H groups in total. The van der Waals surface area contributed by atoms with Crippen LogP contribution in [0.15, 0.2) is 22.2 Å². The fourth-order valence-electron chi connectivity index (χ4n) is 1.13. The first kappa shape index (κ1) is 12.7. The number of carbonyl (C=O) groups excluding carboxylic acids is 1. The number of primary amides is 1. The second-order valence-electron chi connectivity index (χ2n) is 3.12. The lowest BCUT2D eigenvalue weighted by Crippen LogP contribution is -2.39. The van der Waals surface area contributed by atoms with Gasteiger partial charge in [0.25, 0.3) is 5.56 Å². The minimum Gasteiger partial charge on any atom is -0.368 e. The fraction of sp³-hybridized carbons (Fsp3) is 0.444. The number of nitrogens with one attached hydrogen (secondary N) is 2. The minimum atomic E-state index is -0.377. The van der Waals surface area contributed by atoms with E-state index in [0.717, 1.165) is 0 Å². The smallest absolute Gasteiger partial charge is 0.251 e. The average Bonchev–Trinajstić information content (AvgIpc) is 2.24. The standard InChI is InChI=1S/C9H14N4O2S/c1-11-6(8(10)15)3-5-16-9-12-4-2-7(14)13-9/h2,4,6,11H,3,5H2,1H3,(H2,10,15)(H,12,13,14). The van der Waals surface area contributed by atoms with Gasteiger partial charge in [-0.25, -0.2) is 4.98 Å². The Morgan fingerprint density at radius 3 is 3.06 bits per heavy atom. The van der Waals surface area contributed by atoms with Crippen molar-refractivity contribution in [3.8, 4) is 0 Å². The van der Waals surface area contributed by atoms with E-state index in [-0.39, 0.29) is 17.5 Å². The maximum atomic E-state index is 11.0. The summed E-state index contributed by atoms with van der Waals surface area (Å²) in [5, 5.41) is 3.37. The number of aromatic nitrogens is 2. The average molecular weight is 242 g/mol. The van der Waals surface area contributed by atoms with Crippen LogP contribution in [0.1, 0.15) is 6.42 Å². The van der Waals surface area contributed by atoms with E-state index in [9.17, 15) is 9.59 Å². The van der Waals surface area contributed by atoms with E-state index in [1.807, 2.05) is 0 Å². The van der Waals surface area contributed by atoms with Crippen molar-refractivity contribution in [2.75, 3.05) is 12.8 Å². The van der Waals surface area contributed by atoms with Crippen LogP contribution in [0.5, 0.6) is 0 Å². The summed E-state index contributed by atoms with van der Waals surface area (Å²) in [5.41, 5.74) is 4.98. The molecule has 1 unspecified atom stereocenters. The molecule has 0 aromatic carbocycles. The molecule has 1 rings (SSSR count). The Bertz CT molecular complexity index is 406. The number of H-pyrrole nitrogens is 1. The van der Waals surface area contributed by atoms with Gasteiger partial charge in [0.2, 0.25) is 5.91 Å². The third-order valence-corrected chi connectivity index (χ3v) is 2.91. The summed E-state index contributed by atoms with van der Waals surface area (Å²) < 4.78 is 0. The monoisotopic (exact) mass is 242 g/mol. The molecule has 0 saturated heterocycles. The normalized spacial score (nSPS) is 12.3. The van der Waals surface area contributed by atoms with E-state index in [1.54, 1.807) is 7.05 Å². The summed E-state index contributed by atoms with van der Waals surface area (Å²) in [6.07, 6.45) is 2.04. The molecule has 0 saturated carbocycles. The second-order valence-corrected chi connectivity index (χ2v) is 4.20. The molecule has 6 nitrogen and oxygen atoms in total. The molecule has 7 heteroatoms. The molecule has 1 heterocycles. The lowest BCUT2D eigenvalue weighted by molar-refractivity contribution is -0.119. The number of carbonyl (C=O) groups is 1. The Hall–Kier alpha value is -1.34. The van der Waals surface area contributed by atoms with Crippen LogP contribution in [0.2, 0.25) is 0 Å². The predicted octanol–water partition coefficient (Wildman–Crippen LogP) is -0.675. The summed E-state index contributed by atoms with van der Waals surface area (Å²) in [4.78, 5) is 28.4. The van der Waals surface area contributed by atoms with Crippen molar-refractivity contribution in [1.82, 2.24) is 15.3 Å². The number of aromatic amines is 1. The number of rotatable bonds is 6. The molecule has 88 valence electrons. The number of likely N-dealkylation sites (N-methyl/N-ethyl adjacent to an activating group) is 1. The molecule has 1 amide bonds. The van der Waals surface area contributed by atoms with Gasteiger partial charge in [0.05, 0.1) is 6.04 Å². The van der Waals surface area contributed by atoms with Gasteiger partial charge in [-0.3, -0.25) is 9.59 Å². The highest BCUT2D eigenvalue weighted by Gasteiger charge is 2.12. The van der Waals surface area contributed by atoms with Gasteiger partial charge in [-0.05, 0) is 13.5 Å². The van der Waals surface area contributed by atoms with Crippen LogP contribution in [-0.2, 0) is 4.79 Å². The zero-order valence-corrected chi connectivity index (χ0v) is 9.71. The molecule has 0 spiro atoms. The molecule has 0 aliphatic rings. The molecule has 1 aromatic heterocycles. The Balaban J connectivity index is 2.41. The fourth-order valence-corrected chi connectivity index (χ4v) is 1.98. The number of hydrogen-bond acceptors (Lipinski definition) is 5. The predicted molar refractivity (Wildman–Crippen MR) is 62.2 cm³/mol. The largest absolute Gasteiger partial charge is 0.368 e. The molecule has 1 aromatic rings. The number of hydrogen-bond donors (Lipinski definition) is 3. The first-order chi connectivity index (χ1) is 7.63. The van der Waals surface area contributed by atoms with Gasteiger partial charge in [-0.1, -0.05) is 11.8 Å². The maximum absolute atomic E-state index is 11.0. The van der Waals surface area contributed by atoms with Gasteiger partial charge < -0.3 is 16.0 Å². The lowest BCUT2D eigenvalue weighted by atomic mass is 10.2. The Labute approximate surface area is 97.0 Å². The Morgan fingerprint density at radius 2 is 2.50 bits per heavy atom. The number of thioether (sulfide) groups is 1. The zero-order valence-electron chi connectivity index (χ0n) is 8.90. The third kappa shape index (κ3) is 4.03. The van der Waals surface area contributed by atoms with Crippen LogP contribution in [-0.4, -0.2) is 34.7 Å². The van der Waals surface area contributed by atoms with Crippen LogP contribution < -0.4 is 16.6 Å². The van der Waals surface area contributed by atoms with E-state index in [0.29, 0.717) is 17.3 Å². The van der Waals surface area contributed by atoms with E-state index in [4.69, 9.17) is 5.73 Å². The molecule has 0 bridgehead atoms. The van der Waals surface area contributed by atoms with Gasteiger partial charge in [-0.15, -0.1) is 0 Å².